The average Bonchev–Trinajstić information content (AvgIpc) is 3.07. The summed E-state index contributed by atoms with van der Waals surface area (Å²) in [5.41, 5.74) is 2.55. The summed E-state index contributed by atoms with van der Waals surface area (Å²) >= 11 is 1.53. The van der Waals surface area contributed by atoms with Crippen LogP contribution in [0.4, 0.5) is 5.00 Å². The number of hydrogen-bond donors (Lipinski definition) is 2. The second-order valence-electron chi connectivity index (χ2n) is 5.81. The Bertz CT molecular complexity index is 747. The van der Waals surface area contributed by atoms with Gasteiger partial charge in [-0.2, -0.15) is 0 Å². The van der Waals surface area contributed by atoms with Crippen molar-refractivity contribution in [2.45, 2.75) is 39.2 Å². The minimum atomic E-state index is -0.151. The first-order valence-electron chi connectivity index (χ1n) is 7.71. The van der Waals surface area contributed by atoms with Gasteiger partial charge < -0.3 is 15.2 Å². The summed E-state index contributed by atoms with van der Waals surface area (Å²) < 4.78 is 1.84. The van der Waals surface area contributed by atoms with Gasteiger partial charge in [-0.15, -0.1) is 11.3 Å². The number of amides is 2. The maximum absolute atomic E-state index is 12.7. The highest BCUT2D eigenvalue weighted by molar-refractivity contribution is 7.17. The van der Waals surface area contributed by atoms with Gasteiger partial charge in [0.2, 0.25) is 5.91 Å². The number of anilines is 1. The van der Waals surface area contributed by atoms with E-state index in [9.17, 15) is 9.59 Å². The molecule has 2 aromatic rings. The molecule has 0 bridgehead atoms. The second-order valence-corrected chi connectivity index (χ2v) is 6.91. The zero-order valence-electron chi connectivity index (χ0n) is 13.3. The lowest BCUT2D eigenvalue weighted by atomic mass is 9.95. The lowest BCUT2D eigenvalue weighted by Gasteiger charge is -2.13. The molecule has 2 aromatic heterocycles. The van der Waals surface area contributed by atoms with Gasteiger partial charge in [0.05, 0.1) is 24.1 Å². The Hall–Kier alpha value is -2.15. The number of thiophene rings is 1. The zero-order valence-corrected chi connectivity index (χ0v) is 14.1. The fourth-order valence-corrected chi connectivity index (χ4v) is 4.20. The van der Waals surface area contributed by atoms with Crippen molar-refractivity contribution >= 4 is 28.2 Å². The molecule has 0 aliphatic heterocycles. The molecule has 0 saturated carbocycles. The van der Waals surface area contributed by atoms with E-state index in [0.717, 1.165) is 36.9 Å². The Balaban J connectivity index is 1.82. The van der Waals surface area contributed by atoms with Crippen molar-refractivity contribution in [1.82, 2.24) is 14.9 Å². The number of nitrogens with zero attached hydrogens (tertiary/aromatic N) is 2. The van der Waals surface area contributed by atoms with Crippen LogP contribution in [0.5, 0.6) is 0 Å². The van der Waals surface area contributed by atoms with Crippen LogP contribution < -0.4 is 10.6 Å². The Morgan fingerprint density at radius 2 is 2.13 bits per heavy atom. The van der Waals surface area contributed by atoms with Crippen molar-refractivity contribution in [3.05, 3.63) is 34.2 Å². The molecule has 23 heavy (non-hydrogen) atoms. The largest absolute Gasteiger partial charge is 0.346 e. The van der Waals surface area contributed by atoms with E-state index in [1.807, 2.05) is 17.8 Å². The van der Waals surface area contributed by atoms with Gasteiger partial charge in [0, 0.05) is 25.0 Å². The third-order valence-electron chi connectivity index (χ3n) is 3.88. The maximum atomic E-state index is 12.7. The maximum Gasteiger partial charge on any atom is 0.254 e. The summed E-state index contributed by atoms with van der Waals surface area (Å²) in [6.45, 7) is 1.85. The van der Waals surface area contributed by atoms with E-state index in [0.29, 0.717) is 17.1 Å². The van der Waals surface area contributed by atoms with Gasteiger partial charge in [-0.05, 0) is 31.2 Å². The van der Waals surface area contributed by atoms with Crippen LogP contribution >= 0.6 is 11.3 Å². The summed E-state index contributed by atoms with van der Waals surface area (Å²) in [5, 5.41) is 6.40. The molecule has 0 unspecified atom stereocenters. The molecular weight excluding hydrogens is 312 g/mol. The van der Waals surface area contributed by atoms with Crippen LogP contribution in [0.25, 0.3) is 0 Å². The summed E-state index contributed by atoms with van der Waals surface area (Å²) in [7, 11) is 1.89. The van der Waals surface area contributed by atoms with Crippen molar-refractivity contribution < 1.29 is 9.59 Å². The summed E-state index contributed by atoms with van der Waals surface area (Å²) in [5.74, 6) is -0.291. The van der Waals surface area contributed by atoms with Crippen molar-refractivity contribution in [3.63, 3.8) is 0 Å². The topological polar surface area (TPSA) is 76.0 Å². The van der Waals surface area contributed by atoms with Gasteiger partial charge >= 0.3 is 0 Å². The number of carbonyl (C=O) groups excluding carboxylic acids is 2. The van der Waals surface area contributed by atoms with Gasteiger partial charge in [0.15, 0.2) is 0 Å². The molecule has 1 aliphatic rings. The van der Waals surface area contributed by atoms with Crippen LogP contribution in [0.2, 0.25) is 0 Å². The van der Waals surface area contributed by atoms with Crippen LogP contribution in [0.3, 0.4) is 0 Å². The first kappa shape index (κ1) is 15.7. The minimum absolute atomic E-state index is 0.140. The van der Waals surface area contributed by atoms with Crippen LogP contribution in [-0.4, -0.2) is 21.4 Å². The van der Waals surface area contributed by atoms with E-state index in [4.69, 9.17) is 0 Å². The van der Waals surface area contributed by atoms with Crippen LogP contribution in [0, 0.1) is 0 Å². The number of rotatable bonds is 4. The first-order chi connectivity index (χ1) is 11.0. The first-order valence-corrected chi connectivity index (χ1v) is 8.53. The van der Waals surface area contributed by atoms with E-state index in [-0.39, 0.29) is 11.8 Å². The second kappa shape index (κ2) is 6.54. The molecule has 1 aliphatic carbocycles. The molecule has 2 heterocycles. The number of hydrogen-bond acceptors (Lipinski definition) is 4. The fraction of sp³-hybridized carbons (Fsp3) is 0.438. The fourth-order valence-electron chi connectivity index (χ4n) is 2.87. The molecule has 122 valence electrons. The predicted molar refractivity (Wildman–Crippen MR) is 89.6 cm³/mol. The molecular formula is C16H20N4O2S. The highest BCUT2D eigenvalue weighted by Crippen LogP contribution is 2.38. The van der Waals surface area contributed by atoms with E-state index >= 15 is 0 Å². The molecule has 2 amide bonds. The number of aromatic nitrogens is 2. The SMILES string of the molecule is CC(=O)Nc1sc2c(c1C(=O)NCc1cn(C)cn1)CCCC2. The molecule has 7 heteroatoms. The number of aryl methyl sites for hydroxylation is 2. The molecule has 0 atom stereocenters. The molecule has 0 saturated heterocycles. The lowest BCUT2D eigenvalue weighted by Crippen LogP contribution is -2.25. The molecule has 2 N–H and O–H groups in total. The quantitative estimate of drug-likeness (QED) is 0.901. The van der Waals surface area contributed by atoms with E-state index in [2.05, 4.69) is 15.6 Å². The molecule has 3 rings (SSSR count). The van der Waals surface area contributed by atoms with Crippen molar-refractivity contribution in [3.8, 4) is 0 Å². The normalized spacial score (nSPS) is 13.5. The lowest BCUT2D eigenvalue weighted by molar-refractivity contribution is -0.114. The number of carbonyl (C=O) groups is 2. The van der Waals surface area contributed by atoms with E-state index < -0.39 is 0 Å². The van der Waals surface area contributed by atoms with Crippen molar-refractivity contribution in [1.29, 1.82) is 0 Å². The summed E-state index contributed by atoms with van der Waals surface area (Å²) in [6.07, 6.45) is 7.69. The standard InChI is InChI=1S/C16H20N4O2S/c1-10(21)19-16-14(12-5-3-4-6-13(12)23-16)15(22)17-7-11-8-20(2)9-18-11/h8-9H,3-7H2,1-2H3,(H,17,22)(H,19,21). The minimum Gasteiger partial charge on any atom is -0.346 e. The van der Waals surface area contributed by atoms with E-state index in [1.165, 1.54) is 23.1 Å². The smallest absolute Gasteiger partial charge is 0.254 e. The van der Waals surface area contributed by atoms with Crippen LogP contribution in [0.15, 0.2) is 12.5 Å². The van der Waals surface area contributed by atoms with Crippen molar-refractivity contribution in [2.24, 2.45) is 7.05 Å². The summed E-state index contributed by atoms with van der Waals surface area (Å²) in [6, 6.07) is 0. The monoisotopic (exact) mass is 332 g/mol. The average molecular weight is 332 g/mol. The Kier molecular flexibility index (Phi) is 4.47. The Morgan fingerprint density at radius 1 is 1.35 bits per heavy atom. The molecule has 6 nitrogen and oxygen atoms in total. The van der Waals surface area contributed by atoms with Gasteiger partial charge in [-0.3, -0.25) is 9.59 Å². The number of fused-ring (bicyclic) bond motifs is 1. The molecule has 0 spiro atoms. The third-order valence-corrected chi connectivity index (χ3v) is 5.08. The predicted octanol–water partition coefficient (Wildman–Crippen LogP) is 2.25. The number of nitrogens with one attached hydrogen (secondary N) is 2. The van der Waals surface area contributed by atoms with Crippen molar-refractivity contribution in [2.75, 3.05) is 5.32 Å². The Labute approximate surface area is 138 Å². The van der Waals surface area contributed by atoms with E-state index in [1.54, 1.807) is 6.33 Å². The molecule has 0 aromatic carbocycles. The van der Waals surface area contributed by atoms with Gasteiger partial charge in [-0.1, -0.05) is 0 Å². The van der Waals surface area contributed by atoms with Gasteiger partial charge in [0.25, 0.3) is 5.91 Å². The van der Waals surface area contributed by atoms with Crippen LogP contribution in [0.1, 0.15) is 46.3 Å². The van der Waals surface area contributed by atoms with Gasteiger partial charge in [-0.25, -0.2) is 4.98 Å². The number of imidazole rings is 1. The van der Waals surface area contributed by atoms with Gasteiger partial charge in [0.1, 0.15) is 5.00 Å². The molecule has 0 radical (unpaired) electrons. The highest BCUT2D eigenvalue weighted by atomic mass is 32.1. The summed E-state index contributed by atoms with van der Waals surface area (Å²) in [4.78, 5) is 29.5. The molecule has 0 fully saturated rings. The van der Waals surface area contributed by atoms with Crippen LogP contribution in [-0.2, 0) is 31.2 Å². The zero-order chi connectivity index (χ0) is 16.4. The third kappa shape index (κ3) is 3.44. The Morgan fingerprint density at radius 3 is 2.83 bits per heavy atom. The highest BCUT2D eigenvalue weighted by Gasteiger charge is 2.25.